The highest BCUT2D eigenvalue weighted by Gasteiger charge is 2.32. The van der Waals surface area contributed by atoms with Crippen LogP contribution in [0.1, 0.15) is 23.6 Å². The van der Waals surface area contributed by atoms with E-state index in [0.29, 0.717) is 34.7 Å². The predicted octanol–water partition coefficient (Wildman–Crippen LogP) is 6.97. The summed E-state index contributed by atoms with van der Waals surface area (Å²) in [4.78, 5) is 20.0. The number of nitrogens with zero attached hydrogens (tertiary/aromatic N) is 2. The third kappa shape index (κ3) is 5.72. The third-order valence-electron chi connectivity index (χ3n) is 5.26. The van der Waals surface area contributed by atoms with Gasteiger partial charge in [-0.05, 0) is 79.2 Å². The van der Waals surface area contributed by atoms with E-state index in [1.54, 1.807) is 12.0 Å². The van der Waals surface area contributed by atoms with Gasteiger partial charge in [0.05, 0.1) is 17.7 Å². The van der Waals surface area contributed by atoms with Gasteiger partial charge in [0.25, 0.3) is 5.91 Å². The highest BCUT2D eigenvalue weighted by molar-refractivity contribution is 9.10. The van der Waals surface area contributed by atoms with Gasteiger partial charge in [0, 0.05) is 11.0 Å². The summed E-state index contributed by atoms with van der Waals surface area (Å²) in [5.74, 6) is 1.21. The monoisotopic (exact) mass is 536 g/mol. The lowest BCUT2D eigenvalue weighted by Crippen LogP contribution is -2.28. The Morgan fingerprint density at radius 2 is 1.76 bits per heavy atom. The summed E-state index contributed by atoms with van der Waals surface area (Å²) in [5.41, 5.74) is 3.92. The molecule has 0 aliphatic carbocycles. The molecule has 0 unspecified atom stereocenters. The zero-order valence-electron chi connectivity index (χ0n) is 19.2. The average molecular weight is 537 g/mol. The summed E-state index contributed by atoms with van der Waals surface area (Å²) in [6.07, 6.45) is 1.87. The Morgan fingerprint density at radius 1 is 1.03 bits per heavy atom. The second kappa shape index (κ2) is 10.9. The third-order valence-corrected chi connectivity index (χ3v) is 6.79. The number of aryl methyl sites for hydroxylation is 1. The number of likely N-dealkylation sites (N-methyl/N-ethyl adjacent to an activating group) is 1. The zero-order chi connectivity index (χ0) is 24.1. The van der Waals surface area contributed by atoms with Crippen LogP contribution in [0.3, 0.4) is 0 Å². The van der Waals surface area contributed by atoms with Gasteiger partial charge in [-0.2, -0.15) is 0 Å². The maximum absolute atomic E-state index is 13.0. The van der Waals surface area contributed by atoms with Crippen LogP contribution in [0.15, 0.2) is 81.1 Å². The molecule has 34 heavy (non-hydrogen) atoms. The van der Waals surface area contributed by atoms with Crippen LogP contribution >= 0.6 is 27.7 Å². The second-order valence-corrected chi connectivity index (χ2v) is 9.64. The summed E-state index contributed by atoms with van der Waals surface area (Å²) in [6, 6.07) is 21.6. The SMILES string of the molecule is CCN1C(=O)/C(=C\c2ccc(OCc3ccc(Br)cc3)c(OC)c2)SC1=Nc1ccc(C)cc1. The molecule has 1 amide bonds. The minimum atomic E-state index is -0.0482. The molecule has 0 spiro atoms. The number of ether oxygens (including phenoxy) is 2. The lowest BCUT2D eigenvalue weighted by molar-refractivity contribution is -0.122. The standard InChI is InChI=1S/C27H25BrN2O3S/c1-4-30-26(31)25(34-27(30)29-22-12-5-18(2)6-13-22)16-20-9-14-23(24(15-20)32-3)33-17-19-7-10-21(28)11-8-19/h5-16H,4,17H2,1-3H3/b25-16+,29-27?. The van der Waals surface area contributed by atoms with E-state index in [9.17, 15) is 4.79 Å². The number of halogens is 1. The number of benzene rings is 3. The Morgan fingerprint density at radius 3 is 2.44 bits per heavy atom. The van der Waals surface area contributed by atoms with Gasteiger partial charge in [-0.25, -0.2) is 4.99 Å². The van der Waals surface area contributed by atoms with Gasteiger partial charge in [0.2, 0.25) is 0 Å². The Bertz CT molecular complexity index is 1240. The second-order valence-electron chi connectivity index (χ2n) is 7.72. The smallest absolute Gasteiger partial charge is 0.266 e. The summed E-state index contributed by atoms with van der Waals surface area (Å²) in [6.45, 7) is 4.98. The van der Waals surface area contributed by atoms with Crippen molar-refractivity contribution in [1.29, 1.82) is 0 Å². The predicted molar refractivity (Wildman–Crippen MR) is 143 cm³/mol. The van der Waals surface area contributed by atoms with Gasteiger partial charge >= 0.3 is 0 Å². The van der Waals surface area contributed by atoms with E-state index < -0.39 is 0 Å². The molecule has 0 N–H and O–H groups in total. The molecule has 1 aliphatic rings. The maximum Gasteiger partial charge on any atom is 0.266 e. The number of amides is 1. The van der Waals surface area contributed by atoms with Crippen LogP contribution in [0.2, 0.25) is 0 Å². The molecule has 1 fully saturated rings. The molecule has 0 radical (unpaired) electrons. The van der Waals surface area contributed by atoms with Crippen molar-refractivity contribution in [2.75, 3.05) is 13.7 Å². The molecule has 0 atom stereocenters. The maximum atomic E-state index is 13.0. The summed E-state index contributed by atoms with van der Waals surface area (Å²) in [7, 11) is 1.61. The van der Waals surface area contributed by atoms with Crippen molar-refractivity contribution >= 4 is 50.5 Å². The Balaban J connectivity index is 1.53. The van der Waals surface area contributed by atoms with Crippen molar-refractivity contribution < 1.29 is 14.3 Å². The first kappa shape index (κ1) is 24.1. The normalized spacial score (nSPS) is 15.9. The molecule has 3 aromatic rings. The van der Waals surface area contributed by atoms with Crippen LogP contribution in [0.25, 0.3) is 6.08 Å². The number of methoxy groups -OCH3 is 1. The summed E-state index contributed by atoms with van der Waals surface area (Å²) >= 11 is 4.82. The van der Waals surface area contributed by atoms with Crippen LogP contribution in [0, 0.1) is 6.92 Å². The van der Waals surface area contributed by atoms with Crippen LogP contribution in [0.5, 0.6) is 11.5 Å². The number of carbonyl (C=O) groups is 1. The molecule has 7 heteroatoms. The molecule has 1 saturated heterocycles. The number of rotatable bonds is 7. The number of hydrogen-bond donors (Lipinski definition) is 0. The van der Waals surface area contributed by atoms with E-state index in [-0.39, 0.29) is 5.91 Å². The van der Waals surface area contributed by atoms with Gasteiger partial charge in [-0.1, -0.05) is 51.8 Å². The lowest BCUT2D eigenvalue weighted by atomic mass is 10.1. The van der Waals surface area contributed by atoms with Crippen molar-refractivity contribution in [3.63, 3.8) is 0 Å². The number of amidine groups is 1. The van der Waals surface area contributed by atoms with Crippen LogP contribution in [-0.2, 0) is 11.4 Å². The molecular formula is C27H25BrN2O3S. The van der Waals surface area contributed by atoms with Gasteiger partial charge in [0.1, 0.15) is 6.61 Å². The average Bonchev–Trinajstić information content (AvgIpc) is 3.14. The first-order valence-corrected chi connectivity index (χ1v) is 12.5. The molecule has 174 valence electrons. The van der Waals surface area contributed by atoms with Crippen LogP contribution in [-0.4, -0.2) is 29.6 Å². The molecule has 0 bridgehead atoms. The van der Waals surface area contributed by atoms with E-state index in [1.165, 1.54) is 17.3 Å². The highest BCUT2D eigenvalue weighted by Crippen LogP contribution is 2.36. The molecule has 1 aliphatic heterocycles. The van der Waals surface area contributed by atoms with Crippen molar-refractivity contribution in [2.24, 2.45) is 4.99 Å². The lowest BCUT2D eigenvalue weighted by Gasteiger charge is -2.12. The van der Waals surface area contributed by atoms with Crippen molar-refractivity contribution in [2.45, 2.75) is 20.5 Å². The number of hydrogen-bond acceptors (Lipinski definition) is 5. The molecule has 4 rings (SSSR count). The first-order chi connectivity index (χ1) is 16.5. The highest BCUT2D eigenvalue weighted by atomic mass is 79.9. The summed E-state index contributed by atoms with van der Waals surface area (Å²) in [5, 5.41) is 0.684. The van der Waals surface area contributed by atoms with E-state index >= 15 is 0 Å². The quantitative estimate of drug-likeness (QED) is 0.306. The van der Waals surface area contributed by atoms with Crippen molar-refractivity contribution in [3.05, 3.63) is 92.8 Å². The topological polar surface area (TPSA) is 51.1 Å². The number of thioether (sulfide) groups is 1. The van der Waals surface area contributed by atoms with Gasteiger partial charge in [-0.15, -0.1) is 0 Å². The first-order valence-electron chi connectivity index (χ1n) is 10.9. The fraction of sp³-hybridized carbons (Fsp3) is 0.185. The Labute approximate surface area is 212 Å². The van der Waals surface area contributed by atoms with Crippen LogP contribution < -0.4 is 9.47 Å². The molecule has 0 aromatic heterocycles. The fourth-order valence-electron chi connectivity index (χ4n) is 3.39. The van der Waals surface area contributed by atoms with Gasteiger partial charge in [-0.3, -0.25) is 9.69 Å². The Kier molecular flexibility index (Phi) is 7.75. The molecule has 5 nitrogen and oxygen atoms in total. The van der Waals surface area contributed by atoms with E-state index in [2.05, 4.69) is 15.9 Å². The zero-order valence-corrected chi connectivity index (χ0v) is 21.7. The summed E-state index contributed by atoms with van der Waals surface area (Å²) < 4.78 is 12.5. The minimum Gasteiger partial charge on any atom is -0.493 e. The largest absolute Gasteiger partial charge is 0.493 e. The molecule has 3 aromatic carbocycles. The molecular weight excluding hydrogens is 512 g/mol. The number of carbonyl (C=O) groups excluding carboxylic acids is 1. The van der Waals surface area contributed by atoms with E-state index in [0.717, 1.165) is 21.3 Å². The number of aliphatic imine (C=N–C) groups is 1. The van der Waals surface area contributed by atoms with Crippen LogP contribution in [0.4, 0.5) is 5.69 Å². The van der Waals surface area contributed by atoms with Gasteiger partial charge < -0.3 is 9.47 Å². The molecule has 1 heterocycles. The molecule has 0 saturated carbocycles. The van der Waals surface area contributed by atoms with E-state index in [4.69, 9.17) is 14.5 Å². The van der Waals surface area contributed by atoms with E-state index in [1.807, 2.05) is 86.7 Å². The van der Waals surface area contributed by atoms with Crippen molar-refractivity contribution in [3.8, 4) is 11.5 Å². The fourth-order valence-corrected chi connectivity index (χ4v) is 4.71. The Hall–Kier alpha value is -3.03. The van der Waals surface area contributed by atoms with Crippen molar-refractivity contribution in [1.82, 2.24) is 4.90 Å². The van der Waals surface area contributed by atoms with Gasteiger partial charge in [0.15, 0.2) is 16.7 Å². The minimum absolute atomic E-state index is 0.0482.